The molecule has 1 N–H and O–H groups in total. The molecule has 0 bridgehead atoms. The number of amides is 1. The number of nitrogens with zero attached hydrogens (tertiary/aromatic N) is 1. The van der Waals surface area contributed by atoms with Crippen molar-refractivity contribution in [1.29, 1.82) is 0 Å². The van der Waals surface area contributed by atoms with Crippen molar-refractivity contribution in [3.8, 4) is 0 Å². The van der Waals surface area contributed by atoms with Crippen LogP contribution in [-0.2, 0) is 21.0 Å². The van der Waals surface area contributed by atoms with Crippen LogP contribution in [0.2, 0.25) is 5.02 Å². The molecule has 0 spiro atoms. The number of carbonyl (C=O) groups is 1. The molecule has 3 rings (SSSR count). The number of sulfonamides is 1. The lowest BCUT2D eigenvalue weighted by Crippen LogP contribution is -2.38. The molecule has 0 atom stereocenters. The van der Waals surface area contributed by atoms with Gasteiger partial charge in [0.25, 0.3) is 10.0 Å². The average molecular weight is 501 g/mol. The quantitative estimate of drug-likeness (QED) is 0.445. The summed E-state index contributed by atoms with van der Waals surface area (Å²) in [6.45, 7) is 0.814. The molecule has 3 aromatic carbocycles. The zero-order chi connectivity index (χ0) is 24.4. The summed E-state index contributed by atoms with van der Waals surface area (Å²) in [5, 5.41) is 1.60. The summed E-state index contributed by atoms with van der Waals surface area (Å²) < 4.78 is 81.1. The van der Waals surface area contributed by atoms with Crippen molar-refractivity contribution in [3.05, 3.63) is 88.7 Å². The fourth-order valence-corrected chi connectivity index (χ4v) is 4.56. The summed E-state index contributed by atoms with van der Waals surface area (Å²) in [7, 11) is -4.48. The first-order chi connectivity index (χ1) is 15.4. The topological polar surface area (TPSA) is 66.5 Å². The second-order valence-electron chi connectivity index (χ2n) is 7.01. The Morgan fingerprint density at radius 1 is 1.03 bits per heavy atom. The Kier molecular flexibility index (Phi) is 6.99. The fourth-order valence-electron chi connectivity index (χ4n) is 2.92. The van der Waals surface area contributed by atoms with Gasteiger partial charge >= 0.3 is 6.18 Å². The van der Waals surface area contributed by atoms with E-state index in [-0.39, 0.29) is 10.6 Å². The van der Waals surface area contributed by atoms with Gasteiger partial charge in [0.1, 0.15) is 12.4 Å². The number of halogens is 5. The molecule has 33 heavy (non-hydrogen) atoms. The van der Waals surface area contributed by atoms with Gasteiger partial charge in [0.15, 0.2) is 0 Å². The first kappa shape index (κ1) is 24.5. The molecule has 0 radical (unpaired) electrons. The smallest absolute Gasteiger partial charge is 0.322 e. The van der Waals surface area contributed by atoms with Crippen molar-refractivity contribution >= 4 is 38.9 Å². The number of rotatable bonds is 6. The lowest BCUT2D eigenvalue weighted by atomic mass is 10.2. The van der Waals surface area contributed by atoms with Gasteiger partial charge < -0.3 is 5.32 Å². The summed E-state index contributed by atoms with van der Waals surface area (Å²) >= 11 is 5.66. The van der Waals surface area contributed by atoms with E-state index in [1.165, 1.54) is 42.5 Å². The fraction of sp³-hybridized carbons (Fsp3) is 0.136. The van der Waals surface area contributed by atoms with Crippen LogP contribution in [0.3, 0.4) is 0 Å². The van der Waals surface area contributed by atoms with Crippen molar-refractivity contribution in [2.45, 2.75) is 18.0 Å². The van der Waals surface area contributed by atoms with Gasteiger partial charge in [-0.2, -0.15) is 13.2 Å². The van der Waals surface area contributed by atoms with Crippen LogP contribution in [0.15, 0.2) is 71.6 Å². The van der Waals surface area contributed by atoms with Crippen LogP contribution in [0, 0.1) is 12.7 Å². The van der Waals surface area contributed by atoms with Crippen molar-refractivity contribution in [1.82, 2.24) is 0 Å². The number of hydrogen-bond acceptors (Lipinski definition) is 3. The van der Waals surface area contributed by atoms with E-state index in [1.807, 2.05) is 0 Å². The van der Waals surface area contributed by atoms with Crippen LogP contribution >= 0.6 is 11.6 Å². The van der Waals surface area contributed by atoms with E-state index in [4.69, 9.17) is 11.6 Å². The average Bonchev–Trinajstić information content (AvgIpc) is 2.73. The molecule has 3 aromatic rings. The predicted molar refractivity (Wildman–Crippen MR) is 117 cm³/mol. The van der Waals surface area contributed by atoms with Gasteiger partial charge in [0.05, 0.1) is 26.9 Å². The van der Waals surface area contributed by atoms with Crippen LogP contribution in [0.1, 0.15) is 11.1 Å². The maximum absolute atomic E-state index is 13.9. The third kappa shape index (κ3) is 5.63. The Labute approximate surface area is 192 Å². The number of carbonyl (C=O) groups excluding carboxylic acids is 1. The highest BCUT2D eigenvalue weighted by atomic mass is 35.5. The Bertz CT molecular complexity index is 1280. The lowest BCUT2D eigenvalue weighted by molar-refractivity contribution is -0.137. The van der Waals surface area contributed by atoms with Crippen molar-refractivity contribution < 1.29 is 30.8 Å². The second-order valence-corrected chi connectivity index (χ2v) is 9.28. The third-order valence-corrected chi connectivity index (χ3v) is 6.71. The number of anilines is 2. The van der Waals surface area contributed by atoms with E-state index < -0.39 is 50.7 Å². The van der Waals surface area contributed by atoms with Crippen molar-refractivity contribution in [3.63, 3.8) is 0 Å². The highest BCUT2D eigenvalue weighted by Crippen LogP contribution is 2.38. The molecule has 0 saturated carbocycles. The standard InChI is InChI=1S/C22H17ClF4N2O3S/c1-14-6-9-16(10-7-14)33(31,32)29(13-21(30)28-20-5-3-2-4-19(20)24)15-8-11-18(23)17(12-15)22(25,26)27/h2-12H,13H2,1H3,(H,28,30). The molecule has 5 nitrogen and oxygen atoms in total. The Morgan fingerprint density at radius 2 is 1.67 bits per heavy atom. The van der Waals surface area contributed by atoms with Crippen LogP contribution in [-0.4, -0.2) is 20.9 Å². The van der Waals surface area contributed by atoms with E-state index in [0.717, 1.165) is 23.8 Å². The largest absolute Gasteiger partial charge is 0.417 e. The monoisotopic (exact) mass is 500 g/mol. The van der Waals surface area contributed by atoms with E-state index in [1.54, 1.807) is 6.92 Å². The molecular weight excluding hydrogens is 484 g/mol. The van der Waals surface area contributed by atoms with Crippen molar-refractivity contribution in [2.24, 2.45) is 0 Å². The number of para-hydroxylation sites is 1. The molecule has 0 unspecified atom stereocenters. The summed E-state index contributed by atoms with van der Waals surface area (Å²) in [5.41, 5.74) is -1.15. The van der Waals surface area contributed by atoms with Crippen LogP contribution in [0.4, 0.5) is 28.9 Å². The minimum atomic E-state index is -4.86. The van der Waals surface area contributed by atoms with E-state index in [9.17, 15) is 30.8 Å². The van der Waals surface area contributed by atoms with Crippen molar-refractivity contribution in [2.75, 3.05) is 16.2 Å². The minimum absolute atomic E-state index is 0.206. The molecule has 0 aliphatic heterocycles. The second kappa shape index (κ2) is 9.40. The summed E-state index contributed by atoms with van der Waals surface area (Å²) in [5.74, 6) is -1.72. The summed E-state index contributed by atoms with van der Waals surface area (Å²) in [6.07, 6.45) is -4.86. The van der Waals surface area contributed by atoms with E-state index in [2.05, 4.69) is 5.32 Å². The van der Waals surface area contributed by atoms with Gasteiger partial charge in [0, 0.05) is 0 Å². The Hall–Kier alpha value is -3.11. The zero-order valence-corrected chi connectivity index (χ0v) is 18.6. The van der Waals surface area contributed by atoms with E-state index >= 15 is 0 Å². The molecule has 0 fully saturated rings. The maximum Gasteiger partial charge on any atom is 0.417 e. The van der Waals surface area contributed by atoms with Gasteiger partial charge in [-0.25, -0.2) is 12.8 Å². The summed E-state index contributed by atoms with van der Waals surface area (Å²) in [4.78, 5) is 12.4. The molecule has 0 saturated heterocycles. The maximum atomic E-state index is 13.9. The zero-order valence-electron chi connectivity index (χ0n) is 17.0. The third-order valence-electron chi connectivity index (χ3n) is 4.59. The van der Waals surface area contributed by atoms with Crippen LogP contribution < -0.4 is 9.62 Å². The highest BCUT2D eigenvalue weighted by molar-refractivity contribution is 7.92. The van der Waals surface area contributed by atoms with Gasteiger partial charge in [-0.3, -0.25) is 9.10 Å². The number of alkyl halides is 3. The van der Waals surface area contributed by atoms with Gasteiger partial charge in [0.2, 0.25) is 5.91 Å². The number of benzene rings is 3. The normalized spacial score (nSPS) is 11.8. The molecule has 0 aromatic heterocycles. The predicted octanol–water partition coefficient (Wildman–Crippen LogP) is 5.64. The highest BCUT2D eigenvalue weighted by Gasteiger charge is 2.35. The number of nitrogens with one attached hydrogen (secondary N) is 1. The Balaban J connectivity index is 2.06. The number of aryl methyl sites for hydroxylation is 1. The molecule has 0 aliphatic carbocycles. The first-order valence-corrected chi connectivity index (χ1v) is 11.2. The molecule has 174 valence electrons. The van der Waals surface area contributed by atoms with Gasteiger partial charge in [-0.15, -0.1) is 0 Å². The first-order valence-electron chi connectivity index (χ1n) is 9.40. The molecule has 1 amide bonds. The van der Waals surface area contributed by atoms with E-state index in [0.29, 0.717) is 10.4 Å². The number of hydrogen-bond donors (Lipinski definition) is 1. The van der Waals surface area contributed by atoms with Gasteiger partial charge in [-0.05, 0) is 49.4 Å². The van der Waals surface area contributed by atoms with Crippen LogP contribution in [0.25, 0.3) is 0 Å². The Morgan fingerprint density at radius 3 is 2.27 bits per heavy atom. The molecule has 0 heterocycles. The lowest BCUT2D eigenvalue weighted by Gasteiger charge is -2.25. The summed E-state index contributed by atoms with van der Waals surface area (Å²) in [6, 6.07) is 13.2. The molecule has 0 aliphatic rings. The SMILES string of the molecule is Cc1ccc(S(=O)(=O)N(CC(=O)Nc2ccccc2F)c2ccc(Cl)c(C(F)(F)F)c2)cc1. The molecule has 11 heteroatoms. The van der Waals surface area contributed by atoms with Crippen LogP contribution in [0.5, 0.6) is 0 Å². The van der Waals surface area contributed by atoms with Gasteiger partial charge in [-0.1, -0.05) is 41.4 Å². The molecular formula is C22H17ClF4N2O3S. The minimum Gasteiger partial charge on any atom is -0.322 e.